The van der Waals surface area contributed by atoms with Gasteiger partial charge in [-0.2, -0.15) is 0 Å². The van der Waals surface area contributed by atoms with Gasteiger partial charge in [-0.1, -0.05) is 32.0 Å². The van der Waals surface area contributed by atoms with E-state index in [0.717, 1.165) is 27.4 Å². The molecule has 4 heteroatoms. The van der Waals surface area contributed by atoms with Gasteiger partial charge in [0.25, 0.3) is 0 Å². The molecule has 1 aliphatic carbocycles. The number of benzene rings is 4. The quantitative estimate of drug-likeness (QED) is 0.253. The number of hydrogen-bond acceptors (Lipinski definition) is 4. The molecule has 3 heterocycles. The molecule has 0 N–H and O–H groups in total. The largest absolute Gasteiger partial charge is 0.437 e. The van der Waals surface area contributed by atoms with Crippen molar-refractivity contribution in [1.29, 1.82) is 0 Å². The molecule has 0 fully saturated rings. The van der Waals surface area contributed by atoms with E-state index in [1.807, 2.05) is 12.3 Å². The zero-order valence-electron chi connectivity index (χ0n) is 17.6. The molecule has 4 aromatic carbocycles. The van der Waals surface area contributed by atoms with Gasteiger partial charge in [0, 0.05) is 50.5 Å². The van der Waals surface area contributed by atoms with Crippen LogP contribution in [0.3, 0.4) is 0 Å². The van der Waals surface area contributed by atoms with Gasteiger partial charge in [-0.3, -0.25) is 0 Å². The molecule has 3 aromatic heterocycles. The van der Waals surface area contributed by atoms with Crippen LogP contribution in [0.5, 0.6) is 0 Å². The summed E-state index contributed by atoms with van der Waals surface area (Å²) in [6.45, 7) is 4.56. The Morgan fingerprint density at radius 3 is 2.53 bits per heavy atom. The monoisotopic (exact) mass is 411 g/mol. The van der Waals surface area contributed by atoms with E-state index in [2.05, 4.69) is 71.3 Å². The van der Waals surface area contributed by atoms with Crippen LogP contribution in [0, 0.1) is 0 Å². The second-order valence-electron chi connectivity index (χ2n) is 9.34. The minimum Gasteiger partial charge on any atom is -0.437 e. The Labute approximate surface area is 182 Å². The molecule has 0 bridgehead atoms. The van der Waals surface area contributed by atoms with Crippen LogP contribution in [0.1, 0.15) is 25.0 Å². The molecule has 0 spiro atoms. The lowest BCUT2D eigenvalue weighted by Gasteiger charge is -2.23. The Morgan fingerprint density at radius 2 is 1.62 bits per heavy atom. The van der Waals surface area contributed by atoms with E-state index >= 15 is 0 Å². The Hall–Kier alpha value is -4.05. The number of furan rings is 1. The van der Waals surface area contributed by atoms with Gasteiger partial charge in [0.05, 0.1) is 5.69 Å². The lowest BCUT2D eigenvalue weighted by atomic mass is 9.79. The van der Waals surface area contributed by atoms with Crippen LogP contribution in [0.25, 0.3) is 65.6 Å². The third-order valence-electron chi connectivity index (χ3n) is 7.38. The highest BCUT2D eigenvalue weighted by Crippen LogP contribution is 2.53. The van der Waals surface area contributed by atoms with Gasteiger partial charge in [-0.25, -0.2) is 15.0 Å². The SMILES string of the molecule is CC1(C)c2cncnc2-c2cc3ccc4c5oc6ncccc6c5cc5ccc(c21)c3c54. The maximum atomic E-state index is 6.26. The van der Waals surface area contributed by atoms with Crippen molar-refractivity contribution < 1.29 is 4.42 Å². The first-order chi connectivity index (χ1) is 15.6. The Bertz CT molecular complexity index is 1910. The first-order valence-electron chi connectivity index (χ1n) is 10.9. The van der Waals surface area contributed by atoms with Gasteiger partial charge in [0.1, 0.15) is 11.9 Å². The predicted octanol–water partition coefficient (Wildman–Crippen LogP) is 6.97. The lowest BCUT2D eigenvalue weighted by Crippen LogP contribution is -2.16. The van der Waals surface area contributed by atoms with Crippen LogP contribution < -0.4 is 0 Å². The Kier molecular flexibility index (Phi) is 2.71. The molecule has 150 valence electrons. The van der Waals surface area contributed by atoms with Crippen LogP contribution in [-0.2, 0) is 5.41 Å². The van der Waals surface area contributed by atoms with Crippen molar-refractivity contribution in [2.45, 2.75) is 19.3 Å². The van der Waals surface area contributed by atoms with Gasteiger partial charge in [-0.15, -0.1) is 0 Å². The highest BCUT2D eigenvalue weighted by Gasteiger charge is 2.38. The number of hydrogen-bond donors (Lipinski definition) is 0. The molecular formula is C28H17N3O. The van der Waals surface area contributed by atoms with E-state index in [1.165, 1.54) is 43.6 Å². The van der Waals surface area contributed by atoms with E-state index < -0.39 is 0 Å². The summed E-state index contributed by atoms with van der Waals surface area (Å²) in [7, 11) is 0. The summed E-state index contributed by atoms with van der Waals surface area (Å²) in [5.41, 5.74) is 6.24. The topological polar surface area (TPSA) is 51.8 Å². The molecule has 4 nitrogen and oxygen atoms in total. The average Bonchev–Trinajstić information content (AvgIpc) is 3.30. The van der Waals surface area contributed by atoms with E-state index in [-0.39, 0.29) is 5.41 Å². The zero-order chi connectivity index (χ0) is 21.2. The fourth-order valence-electron chi connectivity index (χ4n) is 6.01. The third-order valence-corrected chi connectivity index (χ3v) is 7.38. The van der Waals surface area contributed by atoms with E-state index in [4.69, 9.17) is 4.42 Å². The molecule has 0 unspecified atom stereocenters. The summed E-state index contributed by atoms with van der Waals surface area (Å²) >= 11 is 0. The standard InChI is InChI=1S/C28H17N3O/c1-28(2)21-12-29-13-31-25(21)20-11-15-6-8-18-23-14(5-7-17(22(15)23)24(20)28)10-19-16-4-3-9-30-27(16)32-26(18)19/h3-13H,1-2H3. The van der Waals surface area contributed by atoms with Crippen molar-refractivity contribution in [3.63, 3.8) is 0 Å². The molecule has 0 amide bonds. The summed E-state index contributed by atoms with van der Waals surface area (Å²) < 4.78 is 6.26. The van der Waals surface area contributed by atoms with Gasteiger partial charge >= 0.3 is 0 Å². The van der Waals surface area contributed by atoms with E-state index in [0.29, 0.717) is 5.71 Å². The molecule has 0 radical (unpaired) electrons. The van der Waals surface area contributed by atoms with Gasteiger partial charge < -0.3 is 4.42 Å². The second kappa shape index (κ2) is 5.22. The molecule has 0 saturated carbocycles. The maximum Gasteiger partial charge on any atom is 0.227 e. The van der Waals surface area contributed by atoms with Gasteiger partial charge in [-0.05, 0) is 57.4 Å². The number of fused-ring (bicyclic) bond motifs is 8. The summed E-state index contributed by atoms with van der Waals surface area (Å²) in [5.74, 6) is 0. The van der Waals surface area contributed by atoms with Crippen LogP contribution in [0.2, 0.25) is 0 Å². The normalized spacial score (nSPS) is 14.8. The first kappa shape index (κ1) is 16.6. The predicted molar refractivity (Wildman–Crippen MR) is 128 cm³/mol. The fraction of sp³-hybridized carbons (Fsp3) is 0.107. The zero-order valence-corrected chi connectivity index (χ0v) is 17.6. The van der Waals surface area contributed by atoms with Crippen molar-refractivity contribution in [3.05, 3.63) is 78.4 Å². The molecule has 32 heavy (non-hydrogen) atoms. The molecule has 0 aliphatic heterocycles. The second-order valence-corrected chi connectivity index (χ2v) is 9.34. The van der Waals surface area contributed by atoms with E-state index in [1.54, 1.807) is 12.5 Å². The molecule has 0 saturated heterocycles. The molecule has 8 rings (SSSR count). The Balaban J connectivity index is 1.61. The van der Waals surface area contributed by atoms with Crippen molar-refractivity contribution >= 4 is 54.4 Å². The number of aromatic nitrogens is 3. The average molecular weight is 411 g/mol. The minimum atomic E-state index is -0.160. The van der Waals surface area contributed by atoms with Crippen molar-refractivity contribution in [3.8, 4) is 11.3 Å². The molecule has 7 aromatic rings. The molecular weight excluding hydrogens is 394 g/mol. The number of nitrogens with zero attached hydrogens (tertiary/aromatic N) is 3. The highest BCUT2D eigenvalue weighted by atomic mass is 16.3. The van der Waals surface area contributed by atoms with Crippen LogP contribution in [-0.4, -0.2) is 15.0 Å². The van der Waals surface area contributed by atoms with Gasteiger partial charge in [0.15, 0.2) is 0 Å². The minimum absolute atomic E-state index is 0.160. The highest BCUT2D eigenvalue weighted by molar-refractivity contribution is 6.31. The molecule has 1 aliphatic rings. The first-order valence-corrected chi connectivity index (χ1v) is 10.9. The smallest absolute Gasteiger partial charge is 0.227 e. The molecule has 0 atom stereocenters. The van der Waals surface area contributed by atoms with Crippen LogP contribution in [0.4, 0.5) is 0 Å². The summed E-state index contributed by atoms with van der Waals surface area (Å²) in [6.07, 6.45) is 5.41. The number of rotatable bonds is 0. The van der Waals surface area contributed by atoms with Crippen LogP contribution in [0.15, 0.2) is 71.7 Å². The maximum absolute atomic E-state index is 6.26. The van der Waals surface area contributed by atoms with E-state index in [9.17, 15) is 0 Å². The summed E-state index contributed by atoms with van der Waals surface area (Å²) in [6, 6.07) is 17.6. The third kappa shape index (κ3) is 1.75. The summed E-state index contributed by atoms with van der Waals surface area (Å²) in [4.78, 5) is 13.4. The summed E-state index contributed by atoms with van der Waals surface area (Å²) in [5, 5.41) is 9.61. The van der Waals surface area contributed by atoms with Crippen molar-refractivity contribution in [1.82, 2.24) is 15.0 Å². The lowest BCUT2D eigenvalue weighted by molar-refractivity contribution is 0.657. The van der Waals surface area contributed by atoms with Gasteiger partial charge in [0.2, 0.25) is 5.71 Å². The van der Waals surface area contributed by atoms with Crippen molar-refractivity contribution in [2.24, 2.45) is 0 Å². The Morgan fingerprint density at radius 1 is 0.812 bits per heavy atom. The fourth-order valence-corrected chi connectivity index (χ4v) is 6.01. The van der Waals surface area contributed by atoms with Crippen molar-refractivity contribution in [2.75, 3.05) is 0 Å². The van der Waals surface area contributed by atoms with Crippen LogP contribution >= 0.6 is 0 Å². The number of pyridine rings is 1.